The molecule has 2 rings (SSSR count). The van der Waals surface area contributed by atoms with Gasteiger partial charge in [-0.2, -0.15) is 4.98 Å². The molecular formula is C12H17N3O2. The first-order valence-corrected chi connectivity index (χ1v) is 5.70. The van der Waals surface area contributed by atoms with Crippen LogP contribution in [0.1, 0.15) is 13.3 Å². The number of nitrogen functional groups attached to an aromatic ring is 1. The van der Waals surface area contributed by atoms with Crippen LogP contribution in [0.4, 0.5) is 11.7 Å². The predicted octanol–water partition coefficient (Wildman–Crippen LogP) is 1.84. The number of hydrogen-bond donors (Lipinski definition) is 3. The summed E-state index contributed by atoms with van der Waals surface area (Å²) in [6.45, 7) is 2.99. The number of nitrogens with two attached hydrogens (primary N) is 1. The summed E-state index contributed by atoms with van der Waals surface area (Å²) < 4.78 is 5.51. The summed E-state index contributed by atoms with van der Waals surface area (Å²) in [5.41, 5.74) is 7.81. The molecule has 0 saturated heterocycles. The van der Waals surface area contributed by atoms with Crippen LogP contribution in [0, 0.1) is 5.92 Å². The zero-order valence-electron chi connectivity index (χ0n) is 9.81. The van der Waals surface area contributed by atoms with Gasteiger partial charge in [0.2, 0.25) is 0 Å². The molecule has 0 aliphatic carbocycles. The van der Waals surface area contributed by atoms with Crippen LogP contribution in [0.2, 0.25) is 0 Å². The lowest BCUT2D eigenvalue weighted by atomic mass is 10.1. The van der Waals surface area contributed by atoms with Crippen molar-refractivity contribution in [2.24, 2.45) is 5.92 Å². The molecule has 1 unspecified atom stereocenters. The van der Waals surface area contributed by atoms with Gasteiger partial charge in [-0.15, -0.1) is 0 Å². The number of anilines is 2. The Hall–Kier alpha value is -1.75. The molecule has 0 amide bonds. The predicted molar refractivity (Wildman–Crippen MR) is 67.8 cm³/mol. The van der Waals surface area contributed by atoms with Gasteiger partial charge < -0.3 is 20.6 Å². The lowest BCUT2D eigenvalue weighted by Crippen LogP contribution is -2.12. The molecule has 0 radical (unpaired) electrons. The largest absolute Gasteiger partial charge is 0.424 e. The van der Waals surface area contributed by atoms with Crippen LogP contribution < -0.4 is 11.1 Å². The molecule has 2 aromatic rings. The fourth-order valence-electron chi connectivity index (χ4n) is 1.60. The fraction of sp³-hybridized carbons (Fsp3) is 0.417. The van der Waals surface area contributed by atoms with E-state index in [0.29, 0.717) is 17.6 Å². The Balaban J connectivity index is 2.04. The highest BCUT2D eigenvalue weighted by Gasteiger charge is 2.07. The molecule has 1 aromatic carbocycles. The highest BCUT2D eigenvalue weighted by atomic mass is 16.4. The average molecular weight is 235 g/mol. The van der Waals surface area contributed by atoms with Crippen molar-refractivity contribution in [2.75, 3.05) is 24.2 Å². The monoisotopic (exact) mass is 235 g/mol. The number of fused-ring (bicyclic) bond motifs is 1. The van der Waals surface area contributed by atoms with Crippen molar-refractivity contribution in [2.45, 2.75) is 13.3 Å². The molecule has 0 bridgehead atoms. The van der Waals surface area contributed by atoms with E-state index in [2.05, 4.69) is 17.2 Å². The molecule has 0 spiro atoms. The molecule has 5 heteroatoms. The van der Waals surface area contributed by atoms with Crippen LogP contribution in [-0.4, -0.2) is 23.2 Å². The Labute approximate surface area is 99.6 Å². The van der Waals surface area contributed by atoms with Gasteiger partial charge in [-0.25, -0.2) is 0 Å². The lowest BCUT2D eigenvalue weighted by molar-refractivity contribution is 0.265. The number of nitrogens with zero attached hydrogens (tertiary/aromatic N) is 1. The SMILES string of the molecule is CC(CCO)CNc1nc2cc(N)ccc2o1. The minimum absolute atomic E-state index is 0.201. The highest BCUT2D eigenvalue weighted by Crippen LogP contribution is 2.21. The van der Waals surface area contributed by atoms with Gasteiger partial charge in [0, 0.05) is 18.8 Å². The van der Waals surface area contributed by atoms with Gasteiger partial charge >= 0.3 is 0 Å². The molecule has 0 fully saturated rings. The number of aromatic nitrogens is 1. The zero-order valence-corrected chi connectivity index (χ0v) is 9.81. The molecule has 0 aliphatic rings. The number of hydrogen-bond acceptors (Lipinski definition) is 5. The van der Waals surface area contributed by atoms with Gasteiger partial charge in [0.05, 0.1) is 0 Å². The maximum absolute atomic E-state index is 8.80. The van der Waals surface area contributed by atoms with E-state index in [-0.39, 0.29) is 6.61 Å². The summed E-state index contributed by atoms with van der Waals surface area (Å²) in [7, 11) is 0. The lowest BCUT2D eigenvalue weighted by Gasteiger charge is -2.08. The summed E-state index contributed by atoms with van der Waals surface area (Å²) in [6, 6.07) is 5.86. The maximum atomic E-state index is 8.80. The van der Waals surface area contributed by atoms with Crippen molar-refractivity contribution in [3.05, 3.63) is 18.2 Å². The minimum atomic E-state index is 0.201. The first-order valence-electron chi connectivity index (χ1n) is 5.70. The van der Waals surface area contributed by atoms with Crippen LogP contribution in [0.15, 0.2) is 22.6 Å². The second-order valence-corrected chi connectivity index (χ2v) is 4.24. The van der Waals surface area contributed by atoms with Crippen LogP contribution in [0.25, 0.3) is 11.1 Å². The van der Waals surface area contributed by atoms with Crippen LogP contribution in [-0.2, 0) is 0 Å². The number of aliphatic hydroxyl groups excluding tert-OH is 1. The summed E-state index contributed by atoms with van der Waals surface area (Å²) in [5.74, 6) is 0.375. The Morgan fingerprint density at radius 1 is 1.53 bits per heavy atom. The van der Waals surface area contributed by atoms with Crippen molar-refractivity contribution in [1.82, 2.24) is 4.98 Å². The highest BCUT2D eigenvalue weighted by molar-refractivity contribution is 5.78. The molecule has 0 aliphatic heterocycles. The first-order chi connectivity index (χ1) is 8.19. The van der Waals surface area contributed by atoms with E-state index in [4.69, 9.17) is 15.3 Å². The second-order valence-electron chi connectivity index (χ2n) is 4.24. The van der Waals surface area contributed by atoms with Crippen LogP contribution >= 0.6 is 0 Å². The molecular weight excluding hydrogens is 218 g/mol. The van der Waals surface area contributed by atoms with Crippen LogP contribution in [0.3, 0.4) is 0 Å². The van der Waals surface area contributed by atoms with Gasteiger partial charge in [-0.3, -0.25) is 0 Å². The normalized spacial score (nSPS) is 12.8. The van der Waals surface area contributed by atoms with E-state index >= 15 is 0 Å². The summed E-state index contributed by atoms with van der Waals surface area (Å²) in [4.78, 5) is 4.29. The van der Waals surface area contributed by atoms with E-state index in [0.717, 1.165) is 24.1 Å². The van der Waals surface area contributed by atoms with Gasteiger partial charge in [0.1, 0.15) is 5.52 Å². The van der Waals surface area contributed by atoms with Crippen molar-refractivity contribution in [1.29, 1.82) is 0 Å². The van der Waals surface area contributed by atoms with Gasteiger partial charge in [0.15, 0.2) is 5.58 Å². The third-order valence-corrected chi connectivity index (χ3v) is 2.64. The Morgan fingerprint density at radius 2 is 2.35 bits per heavy atom. The van der Waals surface area contributed by atoms with Gasteiger partial charge in [0.25, 0.3) is 6.01 Å². The third kappa shape index (κ3) is 2.88. The Bertz CT molecular complexity index is 495. The van der Waals surface area contributed by atoms with Crippen molar-refractivity contribution in [3.63, 3.8) is 0 Å². The average Bonchev–Trinajstić information content (AvgIpc) is 2.68. The van der Waals surface area contributed by atoms with Gasteiger partial charge in [-0.05, 0) is 30.5 Å². The standard InChI is InChI=1S/C12H17N3O2/c1-8(4-5-16)7-14-12-15-10-6-9(13)2-3-11(10)17-12/h2-3,6,8,16H,4-5,7,13H2,1H3,(H,14,15). The van der Waals surface area contributed by atoms with Crippen molar-refractivity contribution < 1.29 is 9.52 Å². The number of nitrogens with one attached hydrogen (secondary N) is 1. The molecule has 92 valence electrons. The van der Waals surface area contributed by atoms with Gasteiger partial charge in [-0.1, -0.05) is 6.92 Å². The molecule has 0 saturated carbocycles. The number of oxazole rings is 1. The number of aliphatic hydroxyl groups is 1. The van der Waals surface area contributed by atoms with Crippen molar-refractivity contribution in [3.8, 4) is 0 Å². The smallest absolute Gasteiger partial charge is 0.295 e. The first kappa shape index (κ1) is 11.7. The molecule has 17 heavy (non-hydrogen) atoms. The van der Waals surface area contributed by atoms with Crippen molar-refractivity contribution >= 4 is 22.8 Å². The van der Waals surface area contributed by atoms with E-state index in [1.54, 1.807) is 18.2 Å². The third-order valence-electron chi connectivity index (χ3n) is 2.64. The molecule has 4 N–H and O–H groups in total. The summed E-state index contributed by atoms with van der Waals surface area (Å²) in [6.07, 6.45) is 0.764. The Morgan fingerprint density at radius 3 is 3.12 bits per heavy atom. The molecule has 1 heterocycles. The molecule has 1 aromatic heterocycles. The topological polar surface area (TPSA) is 84.3 Å². The zero-order chi connectivity index (χ0) is 12.3. The minimum Gasteiger partial charge on any atom is -0.424 e. The maximum Gasteiger partial charge on any atom is 0.295 e. The van der Waals surface area contributed by atoms with E-state index in [9.17, 15) is 0 Å². The van der Waals surface area contributed by atoms with E-state index < -0.39 is 0 Å². The second kappa shape index (κ2) is 5.05. The summed E-state index contributed by atoms with van der Waals surface area (Å²) in [5, 5.41) is 11.9. The molecule has 5 nitrogen and oxygen atoms in total. The molecule has 1 atom stereocenters. The van der Waals surface area contributed by atoms with Crippen LogP contribution in [0.5, 0.6) is 0 Å². The Kier molecular flexibility index (Phi) is 3.49. The van der Waals surface area contributed by atoms with E-state index in [1.807, 2.05) is 0 Å². The van der Waals surface area contributed by atoms with E-state index in [1.165, 1.54) is 0 Å². The fourth-order valence-corrected chi connectivity index (χ4v) is 1.60. The number of rotatable bonds is 5. The quantitative estimate of drug-likeness (QED) is 0.689. The number of benzene rings is 1. The summed E-state index contributed by atoms with van der Waals surface area (Å²) >= 11 is 0.